The van der Waals surface area contributed by atoms with Crippen LogP contribution in [0.4, 0.5) is 0 Å². The lowest BCUT2D eigenvalue weighted by Crippen LogP contribution is -2.24. The van der Waals surface area contributed by atoms with Gasteiger partial charge in [-0.1, -0.05) is 0 Å². The third kappa shape index (κ3) is 2.79. The molecule has 6 heteroatoms. The smallest absolute Gasteiger partial charge is 0.225 e. The summed E-state index contributed by atoms with van der Waals surface area (Å²) >= 11 is 1.74. The molecule has 118 valence electrons. The predicted octanol–water partition coefficient (Wildman–Crippen LogP) is 2.67. The van der Waals surface area contributed by atoms with Crippen LogP contribution in [0.25, 0.3) is 10.7 Å². The van der Waals surface area contributed by atoms with E-state index in [1.165, 1.54) is 28.8 Å². The Balaban J connectivity index is 2.11. The van der Waals surface area contributed by atoms with Crippen LogP contribution in [0, 0.1) is 0 Å². The minimum absolute atomic E-state index is 0.0870. The summed E-state index contributed by atoms with van der Waals surface area (Å²) in [6, 6.07) is 0. The largest absolute Gasteiger partial charge is 0.369 e. The van der Waals surface area contributed by atoms with Crippen molar-refractivity contribution in [2.45, 2.75) is 58.4 Å². The molecule has 22 heavy (non-hydrogen) atoms. The van der Waals surface area contributed by atoms with Gasteiger partial charge in [0, 0.05) is 0 Å². The molecule has 2 heterocycles. The zero-order valence-corrected chi connectivity index (χ0v) is 14.2. The first-order valence-corrected chi connectivity index (χ1v) is 8.58. The normalized spacial score (nSPS) is 14.9. The number of primary amides is 1. The third-order valence-corrected chi connectivity index (χ3v) is 4.99. The van der Waals surface area contributed by atoms with E-state index < -0.39 is 5.91 Å². The van der Waals surface area contributed by atoms with E-state index in [1.807, 2.05) is 4.68 Å². The highest BCUT2D eigenvalue weighted by molar-refractivity contribution is 7.13. The van der Waals surface area contributed by atoms with Crippen LogP contribution in [0.2, 0.25) is 0 Å². The van der Waals surface area contributed by atoms with Gasteiger partial charge in [-0.2, -0.15) is 5.10 Å². The maximum atomic E-state index is 11.2. The Labute approximate surface area is 134 Å². The molecule has 1 aliphatic carbocycles. The highest BCUT2D eigenvalue weighted by Gasteiger charge is 2.26. The average molecular weight is 318 g/mol. The van der Waals surface area contributed by atoms with Crippen LogP contribution in [0.3, 0.4) is 0 Å². The van der Waals surface area contributed by atoms with Crippen molar-refractivity contribution >= 4 is 17.2 Å². The van der Waals surface area contributed by atoms with Gasteiger partial charge in [0.2, 0.25) is 5.91 Å². The Morgan fingerprint density at radius 3 is 2.77 bits per heavy atom. The number of fused-ring (bicyclic) bond motifs is 1. The molecule has 0 radical (unpaired) electrons. The molecule has 2 N–H and O–H groups in total. The Morgan fingerprint density at radius 1 is 1.36 bits per heavy atom. The molecule has 5 nitrogen and oxygen atoms in total. The highest BCUT2D eigenvalue weighted by Crippen LogP contribution is 2.37. The summed E-state index contributed by atoms with van der Waals surface area (Å²) in [5, 5.41) is 6.79. The molecule has 0 saturated heterocycles. The summed E-state index contributed by atoms with van der Waals surface area (Å²) in [5.74, 6) is 0.984. The molecule has 0 atom stereocenters. The van der Waals surface area contributed by atoms with Gasteiger partial charge in [-0.15, -0.1) is 11.3 Å². The van der Waals surface area contributed by atoms with Crippen molar-refractivity contribution in [1.82, 2.24) is 14.8 Å². The van der Waals surface area contributed by atoms with Gasteiger partial charge in [-0.05, 0) is 63.0 Å². The maximum absolute atomic E-state index is 11.2. The zero-order chi connectivity index (χ0) is 15.9. The van der Waals surface area contributed by atoms with Gasteiger partial charge in [-0.25, -0.2) is 9.67 Å². The summed E-state index contributed by atoms with van der Waals surface area (Å²) in [7, 11) is 0. The molecular weight excluding hydrogens is 296 g/mol. The first-order chi connectivity index (χ1) is 10.4. The van der Waals surface area contributed by atoms with E-state index in [4.69, 9.17) is 5.73 Å². The zero-order valence-electron chi connectivity index (χ0n) is 13.3. The molecule has 0 unspecified atom stereocenters. The van der Waals surface area contributed by atoms with Gasteiger partial charge in [0.05, 0.1) is 16.8 Å². The van der Waals surface area contributed by atoms with E-state index in [0.29, 0.717) is 5.82 Å². The lowest BCUT2D eigenvalue weighted by Gasteiger charge is -2.21. The molecule has 0 spiro atoms. The number of nitrogens with two attached hydrogens (primary N) is 1. The second kappa shape index (κ2) is 5.50. The Kier molecular flexibility index (Phi) is 3.80. The van der Waals surface area contributed by atoms with Crippen molar-refractivity contribution in [2.24, 2.45) is 5.73 Å². The monoisotopic (exact) mass is 318 g/mol. The SMILES string of the molecule is CC(C)(C)n1nc(CC(N)=O)nc1-c1scc2c1CCCC2. The molecule has 0 bridgehead atoms. The summed E-state index contributed by atoms with van der Waals surface area (Å²) < 4.78 is 1.94. The number of nitrogens with zero attached hydrogens (tertiary/aromatic N) is 3. The van der Waals surface area contributed by atoms with Gasteiger partial charge in [-0.3, -0.25) is 4.79 Å². The van der Waals surface area contributed by atoms with Crippen LogP contribution < -0.4 is 5.73 Å². The molecule has 0 aromatic carbocycles. The lowest BCUT2D eigenvalue weighted by atomic mass is 9.93. The standard InChI is InChI=1S/C16H22N4OS/c1-16(2,3)20-15(18-13(19-20)8-12(17)21)14-11-7-5-4-6-10(11)9-22-14/h9H,4-8H2,1-3H3,(H2,17,21). The average Bonchev–Trinajstić information content (AvgIpc) is 3.00. The van der Waals surface area contributed by atoms with Gasteiger partial charge in [0.15, 0.2) is 11.6 Å². The quantitative estimate of drug-likeness (QED) is 0.945. The van der Waals surface area contributed by atoms with E-state index in [2.05, 4.69) is 36.2 Å². The van der Waals surface area contributed by atoms with Gasteiger partial charge >= 0.3 is 0 Å². The molecule has 0 aliphatic heterocycles. The summed E-state index contributed by atoms with van der Waals surface area (Å²) in [6.07, 6.45) is 4.85. The van der Waals surface area contributed by atoms with E-state index in [0.717, 1.165) is 18.7 Å². The van der Waals surface area contributed by atoms with Crippen LogP contribution in [-0.2, 0) is 29.6 Å². The first-order valence-electron chi connectivity index (χ1n) is 7.70. The number of hydrogen-bond donors (Lipinski definition) is 1. The minimum atomic E-state index is -0.397. The molecule has 3 rings (SSSR count). The summed E-state index contributed by atoms with van der Waals surface area (Å²) in [5.41, 5.74) is 7.97. The first kappa shape index (κ1) is 15.2. The fourth-order valence-electron chi connectivity index (χ4n) is 2.91. The molecular formula is C16H22N4OS. The Hall–Kier alpha value is -1.69. The number of thiophene rings is 1. The van der Waals surface area contributed by atoms with Crippen molar-refractivity contribution < 1.29 is 4.79 Å². The molecule has 0 saturated carbocycles. The number of aromatic nitrogens is 3. The number of aryl methyl sites for hydroxylation is 1. The molecule has 2 aromatic heterocycles. The molecule has 2 aromatic rings. The van der Waals surface area contributed by atoms with Crippen LogP contribution in [0.1, 0.15) is 50.6 Å². The fraction of sp³-hybridized carbons (Fsp3) is 0.562. The van der Waals surface area contributed by atoms with Gasteiger partial charge in [0.25, 0.3) is 0 Å². The van der Waals surface area contributed by atoms with Crippen molar-refractivity contribution in [3.05, 3.63) is 22.3 Å². The number of rotatable bonds is 3. The van der Waals surface area contributed by atoms with Gasteiger partial charge < -0.3 is 5.73 Å². The highest BCUT2D eigenvalue weighted by atomic mass is 32.1. The summed E-state index contributed by atoms with van der Waals surface area (Å²) in [4.78, 5) is 17.0. The number of hydrogen-bond acceptors (Lipinski definition) is 4. The topological polar surface area (TPSA) is 73.8 Å². The summed E-state index contributed by atoms with van der Waals surface area (Å²) in [6.45, 7) is 6.29. The number of carbonyl (C=O) groups excluding carboxylic acids is 1. The van der Waals surface area contributed by atoms with Crippen LogP contribution >= 0.6 is 11.3 Å². The Bertz CT molecular complexity index is 708. The van der Waals surface area contributed by atoms with E-state index in [-0.39, 0.29) is 12.0 Å². The van der Waals surface area contributed by atoms with E-state index in [9.17, 15) is 4.79 Å². The van der Waals surface area contributed by atoms with Crippen molar-refractivity contribution in [3.63, 3.8) is 0 Å². The van der Waals surface area contributed by atoms with Crippen LogP contribution in [0.15, 0.2) is 5.38 Å². The fourth-order valence-corrected chi connectivity index (χ4v) is 4.04. The predicted molar refractivity (Wildman–Crippen MR) is 87.9 cm³/mol. The second-order valence-electron chi connectivity index (χ2n) is 6.85. The van der Waals surface area contributed by atoms with Crippen molar-refractivity contribution in [2.75, 3.05) is 0 Å². The van der Waals surface area contributed by atoms with Crippen molar-refractivity contribution in [1.29, 1.82) is 0 Å². The van der Waals surface area contributed by atoms with E-state index in [1.54, 1.807) is 11.3 Å². The van der Waals surface area contributed by atoms with Crippen molar-refractivity contribution in [3.8, 4) is 10.7 Å². The molecule has 0 fully saturated rings. The molecule has 1 aliphatic rings. The molecule has 1 amide bonds. The lowest BCUT2D eigenvalue weighted by molar-refractivity contribution is -0.117. The number of carbonyl (C=O) groups is 1. The third-order valence-electron chi connectivity index (χ3n) is 3.93. The van der Waals surface area contributed by atoms with Crippen LogP contribution in [0.5, 0.6) is 0 Å². The minimum Gasteiger partial charge on any atom is -0.369 e. The Morgan fingerprint density at radius 2 is 2.09 bits per heavy atom. The van der Waals surface area contributed by atoms with Gasteiger partial charge in [0.1, 0.15) is 0 Å². The van der Waals surface area contributed by atoms with Crippen LogP contribution in [-0.4, -0.2) is 20.7 Å². The van der Waals surface area contributed by atoms with E-state index >= 15 is 0 Å². The second-order valence-corrected chi connectivity index (χ2v) is 7.73. The number of amides is 1. The maximum Gasteiger partial charge on any atom is 0.225 e.